The first-order chi connectivity index (χ1) is 5.05. The Bertz CT molecular complexity index is 216. The lowest BCUT2D eigenvalue weighted by atomic mass is 9.88. The Balaban J connectivity index is 2.23. The molecule has 1 saturated heterocycles. The van der Waals surface area contributed by atoms with Gasteiger partial charge in [-0.25, -0.2) is 0 Å². The number of hydrogen-bond acceptors (Lipinski definition) is 2. The topological polar surface area (TPSA) is 55.1 Å². The van der Waals surface area contributed by atoms with Crippen LogP contribution in [0.5, 0.6) is 0 Å². The Morgan fingerprint density at radius 1 is 1.64 bits per heavy atom. The zero-order valence-electron chi connectivity index (χ0n) is 6.92. The van der Waals surface area contributed by atoms with Crippen LogP contribution < -0.4 is 11.1 Å². The molecule has 3 heteroatoms. The zero-order chi connectivity index (χ0) is 8.22. The smallest absolute Gasteiger partial charge is 0.225 e. The third kappa shape index (κ3) is 0.745. The summed E-state index contributed by atoms with van der Waals surface area (Å²) in [6.45, 7) is 4.13. The molecule has 4 atom stereocenters. The second-order valence-corrected chi connectivity index (χ2v) is 3.96. The maximum atomic E-state index is 11.2. The van der Waals surface area contributed by atoms with E-state index in [2.05, 4.69) is 12.2 Å². The van der Waals surface area contributed by atoms with Crippen molar-refractivity contribution in [2.75, 3.05) is 0 Å². The molecule has 62 valence electrons. The molecule has 2 rings (SSSR count). The SMILES string of the molecule is CC1NC(=O)C2CC2(N)[C@H]1C. The van der Waals surface area contributed by atoms with Crippen LogP contribution >= 0.6 is 0 Å². The minimum Gasteiger partial charge on any atom is -0.353 e. The molecule has 3 unspecified atom stereocenters. The highest BCUT2D eigenvalue weighted by molar-refractivity contribution is 5.85. The third-order valence-electron chi connectivity index (χ3n) is 3.33. The van der Waals surface area contributed by atoms with Gasteiger partial charge in [-0.15, -0.1) is 0 Å². The second-order valence-electron chi connectivity index (χ2n) is 3.96. The Labute approximate surface area is 66.3 Å². The molecule has 1 aliphatic heterocycles. The van der Waals surface area contributed by atoms with Gasteiger partial charge in [0.1, 0.15) is 0 Å². The molecule has 1 saturated carbocycles. The monoisotopic (exact) mass is 154 g/mol. The van der Waals surface area contributed by atoms with Gasteiger partial charge in [-0.3, -0.25) is 4.79 Å². The van der Waals surface area contributed by atoms with E-state index in [9.17, 15) is 4.79 Å². The maximum Gasteiger partial charge on any atom is 0.225 e. The first-order valence-electron chi connectivity index (χ1n) is 4.15. The van der Waals surface area contributed by atoms with Crippen molar-refractivity contribution in [3.63, 3.8) is 0 Å². The summed E-state index contributed by atoms with van der Waals surface area (Å²) in [4.78, 5) is 11.2. The van der Waals surface area contributed by atoms with E-state index in [1.807, 2.05) is 6.92 Å². The van der Waals surface area contributed by atoms with Crippen molar-refractivity contribution < 1.29 is 4.79 Å². The Kier molecular flexibility index (Phi) is 1.15. The molecule has 1 amide bonds. The summed E-state index contributed by atoms with van der Waals surface area (Å²) in [7, 11) is 0. The summed E-state index contributed by atoms with van der Waals surface area (Å²) in [5.41, 5.74) is 5.85. The standard InChI is InChI=1S/C8H14N2O/c1-4-5(2)10-7(11)6-3-8(4,6)9/h4-6H,3,9H2,1-2H3,(H,10,11)/t4-,5?,6?,8?/m0/s1. The van der Waals surface area contributed by atoms with Gasteiger partial charge in [-0.2, -0.15) is 0 Å². The average Bonchev–Trinajstić information content (AvgIpc) is 2.60. The molecule has 3 nitrogen and oxygen atoms in total. The maximum absolute atomic E-state index is 11.2. The Morgan fingerprint density at radius 3 is 2.91 bits per heavy atom. The minimum atomic E-state index is -0.165. The predicted molar refractivity (Wildman–Crippen MR) is 41.8 cm³/mol. The number of fused-ring (bicyclic) bond motifs is 1. The molecule has 0 aromatic rings. The van der Waals surface area contributed by atoms with Gasteiger partial charge in [0.2, 0.25) is 5.91 Å². The van der Waals surface area contributed by atoms with E-state index < -0.39 is 0 Å². The Morgan fingerprint density at radius 2 is 2.27 bits per heavy atom. The van der Waals surface area contributed by atoms with Crippen molar-refractivity contribution in [2.45, 2.75) is 31.8 Å². The zero-order valence-corrected chi connectivity index (χ0v) is 6.92. The molecule has 0 spiro atoms. The lowest BCUT2D eigenvalue weighted by Crippen LogP contribution is -2.53. The first kappa shape index (κ1) is 7.10. The van der Waals surface area contributed by atoms with E-state index in [1.54, 1.807) is 0 Å². The fraction of sp³-hybridized carbons (Fsp3) is 0.875. The molecular formula is C8H14N2O. The molecular weight excluding hydrogens is 140 g/mol. The van der Waals surface area contributed by atoms with Gasteiger partial charge in [0, 0.05) is 11.6 Å². The van der Waals surface area contributed by atoms with Gasteiger partial charge in [-0.05, 0) is 19.3 Å². The quantitative estimate of drug-likeness (QED) is 0.510. The molecule has 1 aliphatic carbocycles. The first-order valence-corrected chi connectivity index (χ1v) is 4.15. The van der Waals surface area contributed by atoms with E-state index in [4.69, 9.17) is 5.73 Å². The summed E-state index contributed by atoms with van der Waals surface area (Å²) in [5, 5.41) is 2.93. The molecule has 2 fully saturated rings. The minimum absolute atomic E-state index is 0.105. The third-order valence-corrected chi connectivity index (χ3v) is 3.33. The highest BCUT2D eigenvalue weighted by Crippen LogP contribution is 2.50. The highest BCUT2D eigenvalue weighted by atomic mass is 16.2. The molecule has 0 bridgehead atoms. The van der Waals surface area contributed by atoms with Gasteiger partial charge in [-0.1, -0.05) is 6.92 Å². The summed E-state index contributed by atoms with van der Waals surface area (Å²) in [5.74, 6) is 0.678. The van der Waals surface area contributed by atoms with E-state index in [-0.39, 0.29) is 23.4 Å². The van der Waals surface area contributed by atoms with Crippen LogP contribution in [0.2, 0.25) is 0 Å². The summed E-state index contributed by atoms with van der Waals surface area (Å²) in [6, 6.07) is 0.242. The van der Waals surface area contributed by atoms with Crippen molar-refractivity contribution in [3.8, 4) is 0 Å². The van der Waals surface area contributed by atoms with E-state index in [0.29, 0.717) is 5.92 Å². The number of nitrogens with one attached hydrogen (secondary N) is 1. The summed E-state index contributed by atoms with van der Waals surface area (Å²) >= 11 is 0. The van der Waals surface area contributed by atoms with Gasteiger partial charge in [0.15, 0.2) is 0 Å². The largest absolute Gasteiger partial charge is 0.353 e. The van der Waals surface area contributed by atoms with Crippen molar-refractivity contribution >= 4 is 5.91 Å². The molecule has 0 radical (unpaired) electrons. The number of hydrogen-bond donors (Lipinski definition) is 2. The van der Waals surface area contributed by atoms with Crippen LogP contribution in [0.4, 0.5) is 0 Å². The number of amides is 1. The van der Waals surface area contributed by atoms with Crippen LogP contribution in [0.15, 0.2) is 0 Å². The second kappa shape index (κ2) is 1.78. The Hall–Kier alpha value is -0.570. The number of carbonyl (C=O) groups is 1. The van der Waals surface area contributed by atoms with Crippen molar-refractivity contribution in [1.82, 2.24) is 5.32 Å². The number of nitrogens with two attached hydrogens (primary N) is 1. The van der Waals surface area contributed by atoms with Crippen LogP contribution in [0.25, 0.3) is 0 Å². The van der Waals surface area contributed by atoms with Crippen LogP contribution in [0.1, 0.15) is 20.3 Å². The van der Waals surface area contributed by atoms with Gasteiger partial charge in [0.05, 0.1) is 5.92 Å². The number of piperidine rings is 1. The molecule has 0 aromatic heterocycles. The molecule has 11 heavy (non-hydrogen) atoms. The fourth-order valence-corrected chi connectivity index (χ4v) is 2.05. The highest BCUT2D eigenvalue weighted by Gasteiger charge is 2.62. The van der Waals surface area contributed by atoms with Gasteiger partial charge < -0.3 is 11.1 Å². The summed E-state index contributed by atoms with van der Waals surface area (Å²) in [6.07, 6.45) is 0.879. The van der Waals surface area contributed by atoms with Gasteiger partial charge in [0.25, 0.3) is 0 Å². The van der Waals surface area contributed by atoms with Crippen molar-refractivity contribution in [1.29, 1.82) is 0 Å². The van der Waals surface area contributed by atoms with Crippen LogP contribution in [0, 0.1) is 11.8 Å². The van der Waals surface area contributed by atoms with Crippen LogP contribution in [-0.2, 0) is 4.79 Å². The average molecular weight is 154 g/mol. The molecule has 3 N–H and O–H groups in total. The van der Waals surface area contributed by atoms with Gasteiger partial charge >= 0.3 is 0 Å². The van der Waals surface area contributed by atoms with E-state index >= 15 is 0 Å². The normalized spacial score (nSPS) is 54.8. The summed E-state index contributed by atoms with van der Waals surface area (Å²) < 4.78 is 0. The fourth-order valence-electron chi connectivity index (χ4n) is 2.05. The molecule has 2 aliphatic rings. The lowest BCUT2D eigenvalue weighted by Gasteiger charge is -2.32. The van der Waals surface area contributed by atoms with Crippen molar-refractivity contribution in [3.05, 3.63) is 0 Å². The predicted octanol–water partition coefficient (Wildman–Crippen LogP) is -0.142. The van der Waals surface area contributed by atoms with Crippen LogP contribution in [-0.4, -0.2) is 17.5 Å². The molecule has 1 heterocycles. The van der Waals surface area contributed by atoms with E-state index in [1.165, 1.54) is 0 Å². The molecule has 0 aromatic carbocycles. The van der Waals surface area contributed by atoms with E-state index in [0.717, 1.165) is 6.42 Å². The van der Waals surface area contributed by atoms with Crippen LogP contribution in [0.3, 0.4) is 0 Å². The number of rotatable bonds is 0. The lowest BCUT2D eigenvalue weighted by molar-refractivity contribution is -0.125. The van der Waals surface area contributed by atoms with Crippen molar-refractivity contribution in [2.24, 2.45) is 17.6 Å². The number of carbonyl (C=O) groups excluding carboxylic acids is 1.